The molecule has 1 aromatic heterocycles. The van der Waals surface area contributed by atoms with Gasteiger partial charge >= 0.3 is 0 Å². The van der Waals surface area contributed by atoms with Crippen LogP contribution in [-0.4, -0.2) is 21.1 Å². The highest BCUT2D eigenvalue weighted by atomic mass is 35.5. The molecule has 7 heteroatoms. The number of rotatable bonds is 4. The largest absolute Gasteiger partial charge is 0.250 e. The molecule has 2 aromatic rings. The van der Waals surface area contributed by atoms with Crippen LogP contribution in [0.25, 0.3) is 0 Å². The van der Waals surface area contributed by atoms with Crippen LogP contribution in [0.15, 0.2) is 23.3 Å². The molecule has 0 aliphatic rings. The molecule has 1 heterocycles. The van der Waals surface area contributed by atoms with Crippen LogP contribution in [0.5, 0.6) is 0 Å². The molecule has 1 N–H and O–H groups in total. The van der Waals surface area contributed by atoms with Gasteiger partial charge in [0, 0.05) is 12.0 Å². The number of nitrogens with one attached hydrogen (secondary N) is 1. The van der Waals surface area contributed by atoms with Crippen molar-refractivity contribution in [1.82, 2.24) is 14.9 Å². The molecule has 100 valence electrons. The van der Waals surface area contributed by atoms with Crippen LogP contribution in [0.3, 0.4) is 0 Å². The van der Waals surface area contributed by atoms with Gasteiger partial charge < -0.3 is 0 Å². The van der Waals surface area contributed by atoms with E-state index in [2.05, 4.69) is 15.3 Å². The second kappa shape index (κ2) is 6.08. The molecule has 4 nitrogen and oxygen atoms in total. The fourth-order valence-corrected chi connectivity index (χ4v) is 1.99. The summed E-state index contributed by atoms with van der Waals surface area (Å²) in [5.41, 5.74) is 0.231. The van der Waals surface area contributed by atoms with Crippen LogP contribution in [0, 0.1) is 10.6 Å². The Morgan fingerprint density at radius 3 is 3.05 bits per heavy atom. The zero-order valence-corrected chi connectivity index (χ0v) is 11.8. The average Bonchev–Trinajstić information content (AvgIpc) is 2.71. The molecule has 0 unspecified atom stereocenters. The molecule has 19 heavy (non-hydrogen) atoms. The number of hydrogen-bond donors (Lipinski definition) is 1. The van der Waals surface area contributed by atoms with E-state index < -0.39 is 5.82 Å². The van der Waals surface area contributed by atoms with Gasteiger partial charge in [-0.2, -0.15) is 14.9 Å². The highest BCUT2D eigenvalue weighted by Gasteiger charge is 2.06. The Balaban J connectivity index is 2.38. The first-order chi connectivity index (χ1) is 9.13. The van der Waals surface area contributed by atoms with E-state index in [-0.39, 0.29) is 5.56 Å². The number of benzene rings is 1. The third kappa shape index (κ3) is 3.08. The van der Waals surface area contributed by atoms with E-state index >= 15 is 0 Å². The van der Waals surface area contributed by atoms with Gasteiger partial charge in [0.05, 0.1) is 11.2 Å². The average molecular weight is 299 g/mol. The normalized spacial score (nSPS) is 11.3. The van der Waals surface area contributed by atoms with Crippen LogP contribution >= 0.6 is 23.8 Å². The summed E-state index contributed by atoms with van der Waals surface area (Å²) in [5.74, 6) is 0.277. The number of H-pyrrole nitrogens is 1. The molecular formula is C12H12ClFN4S. The van der Waals surface area contributed by atoms with Gasteiger partial charge in [0.15, 0.2) is 5.82 Å². The second-order valence-corrected chi connectivity index (χ2v) is 4.68. The molecular weight excluding hydrogens is 287 g/mol. The molecule has 0 saturated heterocycles. The zero-order valence-electron chi connectivity index (χ0n) is 10.2. The predicted molar refractivity (Wildman–Crippen MR) is 75.8 cm³/mol. The number of halogens is 2. The predicted octanol–water partition coefficient (Wildman–Crippen LogP) is 3.57. The first-order valence-corrected chi connectivity index (χ1v) is 6.56. The van der Waals surface area contributed by atoms with E-state index in [1.165, 1.54) is 17.0 Å². The Hall–Kier alpha value is -1.53. The van der Waals surface area contributed by atoms with Crippen molar-refractivity contribution in [3.05, 3.63) is 45.2 Å². The molecule has 2 rings (SSSR count). The molecule has 1 aromatic carbocycles. The maximum Gasteiger partial charge on any atom is 0.216 e. The molecule has 0 fully saturated rings. The Bertz CT molecular complexity index is 642. The van der Waals surface area contributed by atoms with Crippen LogP contribution in [0.4, 0.5) is 4.39 Å². The van der Waals surface area contributed by atoms with Crippen molar-refractivity contribution in [1.29, 1.82) is 0 Å². The minimum Gasteiger partial charge on any atom is -0.250 e. The van der Waals surface area contributed by atoms with Gasteiger partial charge in [-0.25, -0.2) is 4.39 Å². The number of aromatic nitrogens is 3. The lowest BCUT2D eigenvalue weighted by Crippen LogP contribution is -1.99. The number of aromatic amines is 1. The summed E-state index contributed by atoms with van der Waals surface area (Å²) in [7, 11) is 0. The number of aryl methyl sites for hydroxylation is 1. The van der Waals surface area contributed by atoms with Crippen molar-refractivity contribution in [2.24, 2.45) is 5.10 Å². The van der Waals surface area contributed by atoms with Crippen LogP contribution < -0.4 is 0 Å². The summed E-state index contributed by atoms with van der Waals surface area (Å²) in [6, 6.07) is 4.48. The van der Waals surface area contributed by atoms with Gasteiger partial charge in [-0.1, -0.05) is 24.6 Å². The van der Waals surface area contributed by atoms with Gasteiger partial charge in [0.25, 0.3) is 0 Å². The summed E-state index contributed by atoms with van der Waals surface area (Å²) in [6.07, 6.45) is 2.99. The van der Waals surface area contributed by atoms with Crippen LogP contribution in [-0.2, 0) is 6.42 Å². The Labute approximate surface area is 119 Å². The smallest absolute Gasteiger partial charge is 0.216 e. The highest BCUT2D eigenvalue weighted by Crippen LogP contribution is 2.16. The second-order valence-electron chi connectivity index (χ2n) is 3.89. The van der Waals surface area contributed by atoms with Gasteiger partial charge in [-0.05, 0) is 30.8 Å². The SMILES string of the molecule is CCCc1n[nH]c(=S)n1/N=C/c1c(F)cccc1Cl. The molecule has 0 aliphatic carbocycles. The van der Waals surface area contributed by atoms with Crippen molar-refractivity contribution in [2.75, 3.05) is 0 Å². The quantitative estimate of drug-likeness (QED) is 0.693. The molecule has 0 atom stereocenters. The summed E-state index contributed by atoms with van der Waals surface area (Å²) in [5, 5.41) is 11.2. The summed E-state index contributed by atoms with van der Waals surface area (Å²) in [4.78, 5) is 0. The standard InChI is InChI=1S/C12H12ClFN4S/c1-2-4-11-16-17-12(19)18(11)15-7-8-9(13)5-3-6-10(8)14/h3,5-7H,2,4H2,1H3,(H,17,19)/b15-7+. The van der Waals surface area contributed by atoms with E-state index in [4.69, 9.17) is 23.8 Å². The maximum atomic E-state index is 13.6. The van der Waals surface area contributed by atoms with Gasteiger partial charge in [-0.15, -0.1) is 0 Å². The van der Waals surface area contributed by atoms with Crippen LogP contribution in [0.2, 0.25) is 5.02 Å². The van der Waals surface area contributed by atoms with Crippen molar-refractivity contribution < 1.29 is 4.39 Å². The Morgan fingerprint density at radius 2 is 2.37 bits per heavy atom. The van der Waals surface area contributed by atoms with E-state index in [0.717, 1.165) is 12.8 Å². The van der Waals surface area contributed by atoms with Crippen molar-refractivity contribution >= 4 is 30.0 Å². The number of hydrogen-bond acceptors (Lipinski definition) is 3. The van der Waals surface area contributed by atoms with Crippen molar-refractivity contribution in [3.63, 3.8) is 0 Å². The third-order valence-electron chi connectivity index (χ3n) is 2.49. The maximum absolute atomic E-state index is 13.6. The van der Waals surface area contributed by atoms with E-state index in [0.29, 0.717) is 15.6 Å². The third-order valence-corrected chi connectivity index (χ3v) is 3.09. The number of nitrogens with zero attached hydrogens (tertiary/aromatic N) is 3. The monoisotopic (exact) mass is 298 g/mol. The fourth-order valence-electron chi connectivity index (χ4n) is 1.58. The van der Waals surface area contributed by atoms with E-state index in [9.17, 15) is 4.39 Å². The molecule has 0 aliphatic heterocycles. The Kier molecular flexibility index (Phi) is 4.44. The molecule has 0 saturated carbocycles. The van der Waals surface area contributed by atoms with Gasteiger partial charge in [0.2, 0.25) is 4.77 Å². The first-order valence-electron chi connectivity index (χ1n) is 5.78. The van der Waals surface area contributed by atoms with E-state index in [1.54, 1.807) is 12.1 Å². The molecule has 0 amide bonds. The van der Waals surface area contributed by atoms with Crippen molar-refractivity contribution in [2.45, 2.75) is 19.8 Å². The topological polar surface area (TPSA) is 46.0 Å². The zero-order chi connectivity index (χ0) is 13.8. The summed E-state index contributed by atoms with van der Waals surface area (Å²) in [6.45, 7) is 2.03. The minimum absolute atomic E-state index is 0.231. The highest BCUT2D eigenvalue weighted by molar-refractivity contribution is 7.71. The van der Waals surface area contributed by atoms with Gasteiger partial charge in [-0.3, -0.25) is 5.10 Å². The molecule has 0 spiro atoms. The molecule has 0 radical (unpaired) electrons. The fraction of sp³-hybridized carbons (Fsp3) is 0.250. The lowest BCUT2D eigenvalue weighted by atomic mass is 10.2. The summed E-state index contributed by atoms with van der Waals surface area (Å²) >= 11 is 11.0. The lowest BCUT2D eigenvalue weighted by molar-refractivity contribution is 0.625. The summed E-state index contributed by atoms with van der Waals surface area (Å²) < 4.78 is 15.4. The van der Waals surface area contributed by atoms with Gasteiger partial charge in [0.1, 0.15) is 5.82 Å². The van der Waals surface area contributed by atoms with E-state index in [1.807, 2.05) is 6.92 Å². The van der Waals surface area contributed by atoms with Crippen LogP contribution in [0.1, 0.15) is 24.7 Å². The van der Waals surface area contributed by atoms with Crippen molar-refractivity contribution in [3.8, 4) is 0 Å². The lowest BCUT2D eigenvalue weighted by Gasteiger charge is -2.01. The Morgan fingerprint density at radius 1 is 1.58 bits per heavy atom. The minimum atomic E-state index is -0.427. The first kappa shape index (κ1) is 13.9. The molecule has 0 bridgehead atoms.